The summed E-state index contributed by atoms with van der Waals surface area (Å²) in [5, 5.41) is 9.51. The lowest BCUT2D eigenvalue weighted by atomic mass is 9.46. The van der Waals surface area contributed by atoms with E-state index in [1.807, 2.05) is 0 Å². The van der Waals surface area contributed by atoms with Crippen molar-refractivity contribution in [1.29, 1.82) is 0 Å². The van der Waals surface area contributed by atoms with Gasteiger partial charge in [0.15, 0.2) is 0 Å². The average molecular weight is 344 g/mol. The van der Waals surface area contributed by atoms with Crippen molar-refractivity contribution in [3.8, 4) is 0 Å². The maximum absolute atomic E-state index is 13.0. The van der Waals surface area contributed by atoms with Crippen molar-refractivity contribution in [1.82, 2.24) is 0 Å². The van der Waals surface area contributed by atoms with Gasteiger partial charge in [-0.15, -0.1) is 0 Å². The quantitative estimate of drug-likeness (QED) is 0.708. The average Bonchev–Trinajstić information content (AvgIpc) is 2.34. The van der Waals surface area contributed by atoms with E-state index in [9.17, 15) is 31.4 Å². The Kier molecular flexibility index (Phi) is 3.79. The molecule has 0 aromatic heterocycles. The Morgan fingerprint density at radius 3 is 1.52 bits per heavy atom. The molecule has 0 aromatic carbocycles. The fourth-order valence-corrected chi connectivity index (χ4v) is 5.83. The van der Waals surface area contributed by atoms with E-state index in [2.05, 4.69) is 0 Å². The van der Waals surface area contributed by atoms with Crippen molar-refractivity contribution in [3.05, 3.63) is 0 Å². The van der Waals surface area contributed by atoms with Crippen LogP contribution in [0.3, 0.4) is 0 Å². The van der Waals surface area contributed by atoms with Gasteiger partial charge in [0.25, 0.3) is 5.60 Å². The first kappa shape index (κ1) is 17.4. The molecule has 0 aromatic rings. The van der Waals surface area contributed by atoms with Crippen LogP contribution in [-0.4, -0.2) is 23.1 Å². The summed E-state index contributed by atoms with van der Waals surface area (Å²) in [7, 11) is 0. The molecule has 134 valence electrons. The van der Waals surface area contributed by atoms with Crippen LogP contribution >= 0.6 is 0 Å². The largest absolute Gasteiger partial charge is 0.426 e. The van der Waals surface area contributed by atoms with Crippen LogP contribution in [0, 0.1) is 29.1 Å². The molecule has 1 atom stereocenters. The predicted octanol–water partition coefficient (Wildman–Crippen LogP) is 5.08. The van der Waals surface area contributed by atoms with E-state index in [0.29, 0.717) is 37.0 Å². The molecule has 4 aliphatic rings. The van der Waals surface area contributed by atoms with E-state index in [-0.39, 0.29) is 0 Å². The lowest BCUT2D eigenvalue weighted by Gasteiger charge is -2.59. The summed E-state index contributed by atoms with van der Waals surface area (Å²) in [5.41, 5.74) is -5.07. The number of alkyl halides is 6. The third-order valence-electron chi connectivity index (χ3n) is 6.67. The normalized spacial score (nSPS) is 38.9. The molecular weight excluding hydrogens is 322 g/mol. The minimum atomic E-state index is -5.71. The topological polar surface area (TPSA) is 20.2 Å². The molecule has 0 aliphatic heterocycles. The Morgan fingerprint density at radius 2 is 1.22 bits per heavy atom. The van der Waals surface area contributed by atoms with Crippen molar-refractivity contribution in [2.75, 3.05) is 0 Å². The molecule has 1 nitrogen and oxygen atoms in total. The second-order valence-corrected chi connectivity index (χ2v) is 8.24. The first-order chi connectivity index (χ1) is 10.4. The molecule has 1 N–H and O–H groups in total. The van der Waals surface area contributed by atoms with Gasteiger partial charge < -0.3 is 5.11 Å². The monoisotopic (exact) mass is 344 g/mol. The van der Waals surface area contributed by atoms with Crippen molar-refractivity contribution in [3.63, 3.8) is 0 Å². The Hall–Kier alpha value is -0.460. The molecule has 4 aliphatic carbocycles. The molecule has 4 saturated carbocycles. The van der Waals surface area contributed by atoms with Crippen molar-refractivity contribution < 1.29 is 31.4 Å². The lowest BCUT2D eigenvalue weighted by Crippen LogP contribution is -2.59. The van der Waals surface area contributed by atoms with Crippen LogP contribution in [0.5, 0.6) is 0 Å². The highest BCUT2D eigenvalue weighted by Crippen LogP contribution is 2.64. The molecule has 4 fully saturated rings. The summed E-state index contributed by atoms with van der Waals surface area (Å²) in [5.74, 6) is 0.514. The zero-order chi connectivity index (χ0) is 17.3. The summed E-state index contributed by atoms with van der Waals surface area (Å²) in [6.07, 6.45) is -7.36. The smallest absolute Gasteiger partial charge is 0.374 e. The second-order valence-electron chi connectivity index (χ2n) is 8.24. The number of hydrogen-bond donors (Lipinski definition) is 1. The number of hydrogen-bond acceptors (Lipinski definition) is 1. The van der Waals surface area contributed by atoms with Crippen LogP contribution in [0.2, 0.25) is 0 Å². The zero-order valence-corrected chi connectivity index (χ0v) is 13.0. The standard InChI is InChI=1S/C16H22F6O/c1-9(5-14(23,15(17,18)19)16(20,21)22)13-6-10-2-11(7-13)4-12(3-10)8-13/h9-12,23H,2-8H2,1H3/t9-,10?,11?,12?,13?/m1/s1. The van der Waals surface area contributed by atoms with Crippen LogP contribution in [0.1, 0.15) is 51.9 Å². The Balaban J connectivity index is 1.84. The maximum atomic E-state index is 13.0. The first-order valence-corrected chi connectivity index (χ1v) is 8.22. The van der Waals surface area contributed by atoms with Crippen LogP contribution in [0.15, 0.2) is 0 Å². The number of halogens is 6. The SMILES string of the molecule is C[C@H](CC(O)(C(F)(F)F)C(F)(F)F)C12CC3CC(CC(C3)C1)C2. The first-order valence-electron chi connectivity index (χ1n) is 8.22. The molecule has 0 heterocycles. The minimum absolute atomic E-state index is 0.438. The van der Waals surface area contributed by atoms with Gasteiger partial charge >= 0.3 is 12.4 Å². The van der Waals surface area contributed by atoms with Gasteiger partial charge in [-0.05, 0) is 74.0 Å². The molecule has 7 heteroatoms. The molecule has 0 unspecified atom stereocenters. The summed E-state index contributed by atoms with van der Waals surface area (Å²) in [6.45, 7) is 1.47. The third kappa shape index (κ3) is 2.67. The van der Waals surface area contributed by atoms with Crippen molar-refractivity contribution >= 4 is 0 Å². The molecule has 0 amide bonds. The Morgan fingerprint density at radius 1 is 0.870 bits per heavy atom. The van der Waals surface area contributed by atoms with Crippen molar-refractivity contribution in [2.24, 2.45) is 29.1 Å². The van der Waals surface area contributed by atoms with Gasteiger partial charge in [-0.3, -0.25) is 0 Å². The zero-order valence-electron chi connectivity index (χ0n) is 13.0. The minimum Gasteiger partial charge on any atom is -0.374 e. The fraction of sp³-hybridized carbons (Fsp3) is 1.00. The van der Waals surface area contributed by atoms with Gasteiger partial charge in [0, 0.05) is 0 Å². The molecule has 0 radical (unpaired) electrons. The highest BCUT2D eigenvalue weighted by atomic mass is 19.4. The maximum Gasteiger partial charge on any atom is 0.426 e. The molecule has 23 heavy (non-hydrogen) atoms. The van der Waals surface area contributed by atoms with E-state index < -0.39 is 35.7 Å². The summed E-state index contributed by atoms with van der Waals surface area (Å²) in [4.78, 5) is 0. The van der Waals surface area contributed by atoms with Crippen LogP contribution in [-0.2, 0) is 0 Å². The van der Waals surface area contributed by atoms with Crippen LogP contribution < -0.4 is 0 Å². The van der Waals surface area contributed by atoms with Crippen molar-refractivity contribution in [2.45, 2.75) is 69.8 Å². The molecule has 0 spiro atoms. The van der Waals surface area contributed by atoms with Gasteiger partial charge in [-0.25, -0.2) is 0 Å². The highest BCUT2D eigenvalue weighted by Gasteiger charge is 2.71. The molecular formula is C16H22F6O. The predicted molar refractivity (Wildman–Crippen MR) is 71.4 cm³/mol. The number of aliphatic hydroxyl groups is 1. The highest BCUT2D eigenvalue weighted by molar-refractivity contribution is 5.06. The van der Waals surface area contributed by atoms with E-state index in [1.54, 1.807) is 0 Å². The van der Waals surface area contributed by atoms with Gasteiger partial charge in [0.1, 0.15) is 0 Å². The van der Waals surface area contributed by atoms with Gasteiger partial charge in [-0.2, -0.15) is 26.3 Å². The summed E-state index contributed by atoms with van der Waals surface area (Å²) < 4.78 is 77.8. The van der Waals surface area contributed by atoms with Crippen LogP contribution in [0.4, 0.5) is 26.3 Å². The Labute approximate surface area is 131 Å². The van der Waals surface area contributed by atoms with E-state index >= 15 is 0 Å². The summed E-state index contributed by atoms with van der Waals surface area (Å²) >= 11 is 0. The lowest BCUT2D eigenvalue weighted by molar-refractivity contribution is -0.374. The van der Waals surface area contributed by atoms with E-state index in [4.69, 9.17) is 0 Å². The second kappa shape index (κ2) is 5.02. The van der Waals surface area contributed by atoms with Crippen LogP contribution in [0.25, 0.3) is 0 Å². The number of rotatable bonds is 3. The Bertz CT molecular complexity index is 417. The van der Waals surface area contributed by atoms with E-state index in [0.717, 1.165) is 19.3 Å². The van der Waals surface area contributed by atoms with E-state index in [1.165, 1.54) is 6.92 Å². The molecule has 0 saturated heterocycles. The van der Waals surface area contributed by atoms with Gasteiger partial charge in [-0.1, -0.05) is 6.92 Å². The summed E-state index contributed by atoms with van der Waals surface area (Å²) in [6, 6.07) is 0. The van der Waals surface area contributed by atoms with Gasteiger partial charge in [0.2, 0.25) is 0 Å². The molecule has 4 bridgehead atoms. The fourth-order valence-electron chi connectivity index (χ4n) is 5.83. The van der Waals surface area contributed by atoms with Gasteiger partial charge in [0.05, 0.1) is 0 Å². The third-order valence-corrected chi connectivity index (χ3v) is 6.67. The molecule has 4 rings (SSSR count).